The van der Waals surface area contributed by atoms with Crippen LogP contribution >= 0.6 is 0 Å². The molecule has 2 aromatic heterocycles. The molecule has 4 aromatic rings. The van der Waals surface area contributed by atoms with E-state index in [4.69, 9.17) is 4.74 Å². The predicted molar refractivity (Wildman–Crippen MR) is 133 cm³/mol. The summed E-state index contributed by atoms with van der Waals surface area (Å²) in [4.78, 5) is 29.6. The summed E-state index contributed by atoms with van der Waals surface area (Å²) in [6.45, 7) is 0. The Kier molecular flexibility index (Phi) is 7.24. The number of benzene rings is 2. The Balaban J connectivity index is 1.77. The molecular formula is C25H21F3N4O6S. The van der Waals surface area contributed by atoms with Crippen molar-refractivity contribution in [3.63, 3.8) is 0 Å². The number of rotatable bonds is 7. The summed E-state index contributed by atoms with van der Waals surface area (Å²) < 4.78 is 68.7. The number of aromatic hydroxyl groups is 1. The molecule has 0 aliphatic heterocycles. The summed E-state index contributed by atoms with van der Waals surface area (Å²) in [6.07, 6.45) is 2.45. The predicted octanol–water partition coefficient (Wildman–Crippen LogP) is 3.04. The fraction of sp³-hybridized carbons (Fsp3) is 0.160. The maximum atomic E-state index is 13.4. The van der Waals surface area contributed by atoms with E-state index >= 15 is 0 Å². The third-order valence-electron chi connectivity index (χ3n) is 5.86. The number of pyridine rings is 1. The standard InChI is InChI=1S/C25H21F3N4O6S/c1-29-23(34)22(16-11-12-30-20(13-16)15-3-7-18(38-2)8-4-15)31-14-21(33)32(24(31)35)17-5-9-19(10-6-17)39(36,37)25(26,27)28/h3-14,22,33H,1-2H3,(H,29,34). The molecule has 0 aliphatic carbocycles. The number of nitrogens with zero attached hydrogens (tertiary/aromatic N) is 3. The molecule has 0 spiro atoms. The third-order valence-corrected chi connectivity index (χ3v) is 7.37. The smallest absolute Gasteiger partial charge is 0.497 e. The molecule has 0 aliphatic rings. The minimum Gasteiger partial charge on any atom is -0.497 e. The van der Waals surface area contributed by atoms with Crippen molar-refractivity contribution in [1.29, 1.82) is 0 Å². The van der Waals surface area contributed by atoms with Gasteiger partial charge in [-0.2, -0.15) is 13.2 Å². The average molecular weight is 563 g/mol. The van der Waals surface area contributed by atoms with Gasteiger partial charge >= 0.3 is 11.2 Å². The highest BCUT2D eigenvalue weighted by atomic mass is 32.2. The number of nitrogens with one attached hydrogen (secondary N) is 1. The maximum absolute atomic E-state index is 13.4. The van der Waals surface area contributed by atoms with Crippen molar-refractivity contribution in [2.24, 2.45) is 0 Å². The van der Waals surface area contributed by atoms with E-state index in [9.17, 15) is 36.3 Å². The number of sulfone groups is 1. The number of aromatic nitrogens is 3. The van der Waals surface area contributed by atoms with Crippen molar-refractivity contribution < 1.29 is 36.2 Å². The van der Waals surface area contributed by atoms with E-state index < -0.39 is 43.8 Å². The second-order valence-corrected chi connectivity index (χ2v) is 10.1. The van der Waals surface area contributed by atoms with Crippen LogP contribution in [0.25, 0.3) is 16.9 Å². The molecule has 39 heavy (non-hydrogen) atoms. The Morgan fingerprint density at radius 1 is 1.08 bits per heavy atom. The molecule has 2 heterocycles. The topological polar surface area (TPSA) is 133 Å². The summed E-state index contributed by atoms with van der Waals surface area (Å²) in [6, 6.07) is 12.0. The zero-order chi connectivity index (χ0) is 28.5. The maximum Gasteiger partial charge on any atom is 0.501 e. The molecule has 1 atom stereocenters. The van der Waals surface area contributed by atoms with Crippen molar-refractivity contribution in [3.8, 4) is 28.6 Å². The van der Waals surface area contributed by atoms with Crippen LogP contribution in [0.5, 0.6) is 11.6 Å². The molecule has 2 aromatic carbocycles. The monoisotopic (exact) mass is 562 g/mol. The SMILES string of the molecule is CNC(=O)C(c1ccnc(-c2ccc(OC)cc2)c1)n1cc(O)n(-c2ccc(S(=O)(=O)C(F)(F)F)cc2)c1=O. The lowest BCUT2D eigenvalue weighted by Crippen LogP contribution is -2.36. The van der Waals surface area contributed by atoms with Gasteiger partial charge in [-0.15, -0.1) is 0 Å². The van der Waals surface area contributed by atoms with Gasteiger partial charge in [0.1, 0.15) is 11.8 Å². The summed E-state index contributed by atoms with van der Waals surface area (Å²) in [5, 5.41) is 13.0. The van der Waals surface area contributed by atoms with Gasteiger partial charge < -0.3 is 15.2 Å². The van der Waals surface area contributed by atoms with Gasteiger partial charge in [-0.1, -0.05) is 0 Å². The molecule has 1 amide bonds. The van der Waals surface area contributed by atoms with Gasteiger partial charge in [0.25, 0.3) is 9.84 Å². The van der Waals surface area contributed by atoms with Crippen LogP contribution in [0.3, 0.4) is 0 Å². The van der Waals surface area contributed by atoms with Crippen molar-refractivity contribution in [1.82, 2.24) is 19.4 Å². The van der Waals surface area contributed by atoms with E-state index in [0.717, 1.165) is 27.5 Å². The van der Waals surface area contributed by atoms with E-state index in [1.54, 1.807) is 30.3 Å². The van der Waals surface area contributed by atoms with Gasteiger partial charge in [-0.05, 0) is 66.2 Å². The van der Waals surface area contributed by atoms with E-state index in [2.05, 4.69) is 10.3 Å². The van der Waals surface area contributed by atoms with Gasteiger partial charge in [0.2, 0.25) is 11.8 Å². The Morgan fingerprint density at radius 3 is 2.28 bits per heavy atom. The zero-order valence-corrected chi connectivity index (χ0v) is 21.2. The number of hydrogen-bond donors (Lipinski definition) is 2. The summed E-state index contributed by atoms with van der Waals surface area (Å²) >= 11 is 0. The quantitative estimate of drug-likeness (QED) is 0.354. The normalized spacial score (nSPS) is 12.6. The third kappa shape index (κ3) is 5.10. The average Bonchev–Trinajstić information content (AvgIpc) is 3.21. The van der Waals surface area contributed by atoms with Crippen LogP contribution in [0.15, 0.2) is 82.7 Å². The minimum absolute atomic E-state index is 0.123. The van der Waals surface area contributed by atoms with Gasteiger partial charge in [0.15, 0.2) is 0 Å². The van der Waals surface area contributed by atoms with Gasteiger partial charge in [0, 0.05) is 18.8 Å². The molecule has 0 fully saturated rings. The number of halogens is 3. The highest BCUT2D eigenvalue weighted by molar-refractivity contribution is 7.92. The van der Waals surface area contributed by atoms with Gasteiger partial charge in [-0.25, -0.2) is 17.8 Å². The Bertz CT molecular complexity index is 1680. The Morgan fingerprint density at radius 2 is 1.72 bits per heavy atom. The van der Waals surface area contributed by atoms with Gasteiger partial charge in [0.05, 0.1) is 29.6 Å². The van der Waals surface area contributed by atoms with Gasteiger partial charge in [-0.3, -0.25) is 14.3 Å². The minimum atomic E-state index is -5.61. The van der Waals surface area contributed by atoms with Crippen LogP contribution in [0.1, 0.15) is 11.6 Å². The first-order chi connectivity index (χ1) is 18.4. The number of methoxy groups -OCH3 is 1. The van der Waals surface area contributed by atoms with Crippen molar-refractivity contribution in [2.45, 2.75) is 16.4 Å². The summed E-state index contributed by atoms with van der Waals surface area (Å²) in [5.74, 6) is -0.608. The van der Waals surface area contributed by atoms with E-state index in [-0.39, 0.29) is 5.69 Å². The van der Waals surface area contributed by atoms with Crippen LogP contribution in [-0.2, 0) is 14.6 Å². The van der Waals surface area contributed by atoms with Crippen LogP contribution in [0.2, 0.25) is 0 Å². The molecule has 14 heteroatoms. The Labute approximate surface area is 219 Å². The molecule has 0 bridgehead atoms. The number of imidazole rings is 1. The molecule has 4 rings (SSSR count). The highest BCUT2D eigenvalue weighted by Gasteiger charge is 2.46. The second-order valence-electron chi connectivity index (χ2n) is 8.18. The zero-order valence-electron chi connectivity index (χ0n) is 20.4. The first-order valence-corrected chi connectivity index (χ1v) is 12.6. The molecule has 204 valence electrons. The van der Waals surface area contributed by atoms with E-state index in [0.29, 0.717) is 34.7 Å². The Hall–Kier alpha value is -4.59. The number of ether oxygens (including phenoxy) is 1. The summed E-state index contributed by atoms with van der Waals surface area (Å²) in [7, 11) is -2.72. The fourth-order valence-electron chi connectivity index (χ4n) is 3.90. The lowest BCUT2D eigenvalue weighted by Gasteiger charge is -2.17. The highest BCUT2D eigenvalue weighted by Crippen LogP contribution is 2.31. The number of alkyl halides is 3. The molecule has 0 radical (unpaired) electrons. The van der Waals surface area contributed by atoms with Crippen LogP contribution in [0.4, 0.5) is 13.2 Å². The molecule has 0 saturated carbocycles. The first kappa shape index (κ1) is 27.4. The number of carbonyl (C=O) groups is 1. The summed E-state index contributed by atoms with van der Waals surface area (Å²) in [5.41, 5.74) is -5.00. The molecular weight excluding hydrogens is 541 g/mol. The van der Waals surface area contributed by atoms with Crippen molar-refractivity contribution in [2.75, 3.05) is 14.2 Å². The fourth-order valence-corrected chi connectivity index (χ4v) is 4.66. The van der Waals surface area contributed by atoms with Crippen LogP contribution in [-0.4, -0.2) is 53.2 Å². The van der Waals surface area contributed by atoms with Crippen molar-refractivity contribution in [3.05, 3.63) is 89.1 Å². The molecule has 1 unspecified atom stereocenters. The lowest BCUT2D eigenvalue weighted by atomic mass is 10.0. The number of hydrogen-bond acceptors (Lipinski definition) is 7. The first-order valence-electron chi connectivity index (χ1n) is 11.2. The second kappa shape index (κ2) is 10.3. The lowest BCUT2D eigenvalue weighted by molar-refractivity contribution is -0.122. The number of amides is 1. The van der Waals surface area contributed by atoms with Crippen molar-refractivity contribution >= 4 is 15.7 Å². The molecule has 10 nitrogen and oxygen atoms in total. The number of carbonyl (C=O) groups excluding carboxylic acids is 1. The van der Waals surface area contributed by atoms with Crippen LogP contribution in [0, 0.1) is 0 Å². The largest absolute Gasteiger partial charge is 0.501 e. The van der Waals surface area contributed by atoms with Crippen LogP contribution < -0.4 is 15.7 Å². The molecule has 0 saturated heterocycles. The van der Waals surface area contributed by atoms with E-state index in [1.807, 2.05) is 0 Å². The number of likely N-dealkylation sites (N-methyl/N-ethyl adjacent to an activating group) is 1. The molecule has 2 N–H and O–H groups in total. The van der Waals surface area contributed by atoms with E-state index in [1.165, 1.54) is 26.4 Å².